The SMILES string of the molecule is Cc1ccc(NC(=O)Nc2ccc3nc(SCC(=O)Nc4ccccc4F)sc3c2)cc1Cl. The Morgan fingerprint density at radius 1 is 1.03 bits per heavy atom. The molecule has 4 rings (SSSR count). The van der Waals surface area contributed by atoms with E-state index < -0.39 is 11.8 Å². The molecule has 6 nitrogen and oxygen atoms in total. The van der Waals surface area contributed by atoms with Gasteiger partial charge in [0.2, 0.25) is 5.91 Å². The van der Waals surface area contributed by atoms with Gasteiger partial charge in [-0.25, -0.2) is 14.2 Å². The molecule has 0 radical (unpaired) electrons. The van der Waals surface area contributed by atoms with Gasteiger partial charge in [-0.2, -0.15) is 0 Å². The van der Waals surface area contributed by atoms with E-state index >= 15 is 0 Å². The number of anilines is 3. The number of halogens is 2. The molecule has 4 aromatic rings. The van der Waals surface area contributed by atoms with Crippen LogP contribution in [0.4, 0.5) is 26.2 Å². The molecule has 0 spiro atoms. The number of benzene rings is 3. The third-order valence-corrected chi connectivity index (χ3v) is 7.10. The Labute approximate surface area is 202 Å². The molecule has 0 aliphatic heterocycles. The van der Waals surface area contributed by atoms with E-state index in [-0.39, 0.29) is 17.3 Å². The molecule has 0 saturated carbocycles. The smallest absolute Gasteiger partial charge is 0.323 e. The minimum atomic E-state index is -0.481. The van der Waals surface area contributed by atoms with Crippen LogP contribution >= 0.6 is 34.7 Å². The normalized spacial score (nSPS) is 10.8. The lowest BCUT2D eigenvalue weighted by Gasteiger charge is -2.08. The van der Waals surface area contributed by atoms with Crippen molar-refractivity contribution in [2.75, 3.05) is 21.7 Å². The van der Waals surface area contributed by atoms with Crippen LogP contribution in [0.3, 0.4) is 0 Å². The van der Waals surface area contributed by atoms with E-state index in [2.05, 4.69) is 20.9 Å². The summed E-state index contributed by atoms with van der Waals surface area (Å²) in [4.78, 5) is 29.0. The van der Waals surface area contributed by atoms with Crippen LogP contribution < -0.4 is 16.0 Å². The number of nitrogens with one attached hydrogen (secondary N) is 3. The van der Waals surface area contributed by atoms with Crippen LogP contribution in [0.25, 0.3) is 10.2 Å². The van der Waals surface area contributed by atoms with Gasteiger partial charge < -0.3 is 16.0 Å². The Morgan fingerprint density at radius 3 is 2.52 bits per heavy atom. The zero-order valence-electron chi connectivity index (χ0n) is 17.3. The van der Waals surface area contributed by atoms with Crippen LogP contribution in [0.5, 0.6) is 0 Å². The predicted octanol–water partition coefficient (Wildman–Crippen LogP) is 6.77. The highest BCUT2D eigenvalue weighted by Gasteiger charge is 2.11. The summed E-state index contributed by atoms with van der Waals surface area (Å²) in [5, 5.41) is 8.66. The summed E-state index contributed by atoms with van der Waals surface area (Å²) in [6.07, 6.45) is 0. The molecular weight excluding hydrogens is 483 g/mol. The zero-order valence-corrected chi connectivity index (χ0v) is 19.7. The van der Waals surface area contributed by atoms with Gasteiger partial charge in [-0.1, -0.05) is 41.6 Å². The number of amides is 3. The minimum Gasteiger partial charge on any atom is -0.323 e. The number of thioether (sulfide) groups is 1. The molecular formula is C23H18ClFN4O2S2. The zero-order chi connectivity index (χ0) is 23.4. The topological polar surface area (TPSA) is 83.1 Å². The number of hydrogen-bond donors (Lipinski definition) is 3. The summed E-state index contributed by atoms with van der Waals surface area (Å²) in [7, 11) is 0. The Balaban J connectivity index is 1.35. The summed E-state index contributed by atoms with van der Waals surface area (Å²) in [6, 6.07) is 16.3. The largest absolute Gasteiger partial charge is 0.323 e. The number of aryl methyl sites for hydroxylation is 1. The number of aromatic nitrogens is 1. The number of carbonyl (C=O) groups is 2. The molecule has 0 bridgehead atoms. The predicted molar refractivity (Wildman–Crippen MR) is 134 cm³/mol. The Kier molecular flexibility index (Phi) is 7.12. The van der Waals surface area contributed by atoms with E-state index in [0.29, 0.717) is 20.7 Å². The number of thiazole rings is 1. The lowest BCUT2D eigenvalue weighted by molar-refractivity contribution is -0.113. The molecule has 3 N–H and O–H groups in total. The van der Waals surface area contributed by atoms with Crippen LogP contribution in [0.2, 0.25) is 5.02 Å². The van der Waals surface area contributed by atoms with E-state index in [1.54, 1.807) is 36.4 Å². The molecule has 33 heavy (non-hydrogen) atoms. The van der Waals surface area contributed by atoms with Gasteiger partial charge in [-0.05, 0) is 55.0 Å². The van der Waals surface area contributed by atoms with Gasteiger partial charge in [0.25, 0.3) is 0 Å². The van der Waals surface area contributed by atoms with E-state index in [4.69, 9.17) is 11.6 Å². The van der Waals surface area contributed by atoms with Gasteiger partial charge in [0.1, 0.15) is 5.82 Å². The molecule has 3 amide bonds. The second-order valence-electron chi connectivity index (χ2n) is 7.02. The molecule has 0 unspecified atom stereocenters. The van der Waals surface area contributed by atoms with Gasteiger partial charge >= 0.3 is 6.03 Å². The van der Waals surface area contributed by atoms with Crippen molar-refractivity contribution >= 4 is 73.9 Å². The van der Waals surface area contributed by atoms with Gasteiger partial charge in [0.05, 0.1) is 21.7 Å². The Morgan fingerprint density at radius 2 is 1.76 bits per heavy atom. The molecule has 1 heterocycles. The second kappa shape index (κ2) is 10.2. The second-order valence-corrected chi connectivity index (χ2v) is 9.68. The van der Waals surface area contributed by atoms with Gasteiger partial charge in [-0.15, -0.1) is 11.3 Å². The Bertz CT molecular complexity index is 1350. The molecule has 3 aromatic carbocycles. The maximum absolute atomic E-state index is 13.7. The molecule has 10 heteroatoms. The van der Waals surface area contributed by atoms with Crippen LogP contribution in [-0.4, -0.2) is 22.7 Å². The van der Waals surface area contributed by atoms with Crippen molar-refractivity contribution in [3.8, 4) is 0 Å². The van der Waals surface area contributed by atoms with Crippen LogP contribution in [0.15, 0.2) is 65.0 Å². The number of nitrogens with zero attached hydrogens (tertiary/aromatic N) is 1. The number of hydrogen-bond acceptors (Lipinski definition) is 5. The van der Waals surface area contributed by atoms with E-state index in [9.17, 15) is 14.0 Å². The number of urea groups is 1. The van der Waals surface area contributed by atoms with Crippen molar-refractivity contribution in [3.63, 3.8) is 0 Å². The summed E-state index contributed by atoms with van der Waals surface area (Å²) < 4.78 is 15.2. The average Bonchev–Trinajstić information content (AvgIpc) is 3.19. The van der Waals surface area contributed by atoms with Gasteiger partial charge in [0.15, 0.2) is 4.34 Å². The van der Waals surface area contributed by atoms with E-state index in [1.807, 2.05) is 19.1 Å². The van der Waals surface area contributed by atoms with Crippen molar-refractivity contribution in [1.82, 2.24) is 4.98 Å². The fourth-order valence-corrected chi connectivity index (χ4v) is 4.97. The highest BCUT2D eigenvalue weighted by Crippen LogP contribution is 2.31. The molecule has 0 atom stereocenters. The number of rotatable bonds is 6. The fraction of sp³-hybridized carbons (Fsp3) is 0.0870. The van der Waals surface area contributed by atoms with Crippen molar-refractivity contribution in [3.05, 3.63) is 77.1 Å². The highest BCUT2D eigenvalue weighted by atomic mass is 35.5. The van der Waals surface area contributed by atoms with Crippen LogP contribution in [-0.2, 0) is 4.79 Å². The van der Waals surface area contributed by atoms with Gasteiger partial charge in [-0.3, -0.25) is 4.79 Å². The average molecular weight is 501 g/mol. The van der Waals surface area contributed by atoms with Gasteiger partial charge in [0, 0.05) is 16.4 Å². The van der Waals surface area contributed by atoms with Crippen LogP contribution in [0.1, 0.15) is 5.56 Å². The molecule has 0 saturated heterocycles. The van der Waals surface area contributed by atoms with Crippen molar-refractivity contribution in [2.24, 2.45) is 0 Å². The first-order valence-electron chi connectivity index (χ1n) is 9.79. The number of carbonyl (C=O) groups excluding carboxylic acids is 2. The third-order valence-electron chi connectivity index (χ3n) is 4.53. The van der Waals surface area contributed by atoms with Crippen molar-refractivity contribution < 1.29 is 14.0 Å². The first kappa shape index (κ1) is 23.0. The quantitative estimate of drug-likeness (QED) is 0.255. The minimum absolute atomic E-state index is 0.0980. The number of para-hydroxylation sites is 1. The molecule has 168 valence electrons. The summed E-state index contributed by atoms with van der Waals surface area (Å²) in [5.74, 6) is -0.703. The lowest BCUT2D eigenvalue weighted by atomic mass is 10.2. The fourth-order valence-electron chi connectivity index (χ4n) is 2.88. The molecule has 1 aromatic heterocycles. The summed E-state index contributed by atoms with van der Waals surface area (Å²) >= 11 is 8.77. The Hall–Kier alpha value is -3.14. The first-order valence-corrected chi connectivity index (χ1v) is 12.0. The maximum atomic E-state index is 13.7. The van der Waals surface area contributed by atoms with Crippen molar-refractivity contribution in [1.29, 1.82) is 0 Å². The van der Waals surface area contributed by atoms with Crippen LogP contribution in [0, 0.1) is 12.7 Å². The molecule has 0 aliphatic carbocycles. The van der Waals surface area contributed by atoms with Crippen molar-refractivity contribution in [2.45, 2.75) is 11.3 Å². The summed E-state index contributed by atoms with van der Waals surface area (Å²) in [6.45, 7) is 1.89. The maximum Gasteiger partial charge on any atom is 0.323 e. The standard InChI is InChI=1S/C23H18ClFN4O2S2/c1-13-6-7-14(10-16(13)24)26-22(31)27-15-8-9-19-20(11-15)33-23(29-19)32-12-21(30)28-18-5-3-2-4-17(18)25/h2-11H,12H2,1H3,(H,28,30)(H2,26,27,31). The highest BCUT2D eigenvalue weighted by molar-refractivity contribution is 8.01. The monoisotopic (exact) mass is 500 g/mol. The lowest BCUT2D eigenvalue weighted by Crippen LogP contribution is -2.19. The summed E-state index contributed by atoms with van der Waals surface area (Å²) in [5.41, 5.74) is 3.03. The van der Waals surface area contributed by atoms with E-state index in [0.717, 1.165) is 15.8 Å². The van der Waals surface area contributed by atoms with E-state index in [1.165, 1.54) is 35.2 Å². The molecule has 0 fully saturated rings. The molecule has 0 aliphatic rings. The number of fused-ring (bicyclic) bond motifs is 1. The third kappa shape index (κ3) is 6.01. The first-order chi connectivity index (χ1) is 15.9.